The summed E-state index contributed by atoms with van der Waals surface area (Å²) in [4.78, 5) is 28.9. The van der Waals surface area contributed by atoms with Crippen molar-refractivity contribution in [1.29, 1.82) is 0 Å². The molecule has 1 aliphatic rings. The Labute approximate surface area is 210 Å². The first-order valence-electron chi connectivity index (χ1n) is 11.7. The Morgan fingerprint density at radius 3 is 2.44 bits per heavy atom. The second-order valence-corrected chi connectivity index (χ2v) is 10.5. The van der Waals surface area contributed by atoms with Crippen molar-refractivity contribution >= 4 is 38.4 Å². The van der Waals surface area contributed by atoms with Crippen molar-refractivity contribution in [3.05, 3.63) is 77.9 Å². The summed E-state index contributed by atoms with van der Waals surface area (Å²) < 4.78 is 26.7. The van der Waals surface area contributed by atoms with E-state index in [1.54, 1.807) is 12.1 Å². The average Bonchev–Trinajstić information content (AvgIpc) is 3.42. The van der Waals surface area contributed by atoms with Crippen LogP contribution in [-0.4, -0.2) is 70.1 Å². The van der Waals surface area contributed by atoms with Crippen LogP contribution in [0.2, 0.25) is 0 Å². The van der Waals surface area contributed by atoms with Crippen LogP contribution in [0.3, 0.4) is 0 Å². The summed E-state index contributed by atoms with van der Waals surface area (Å²) in [7, 11) is -2.52. The average molecular weight is 508 g/mol. The van der Waals surface area contributed by atoms with Gasteiger partial charge in [0.2, 0.25) is 21.8 Å². The van der Waals surface area contributed by atoms with E-state index in [1.165, 1.54) is 13.1 Å². The van der Waals surface area contributed by atoms with Gasteiger partial charge >= 0.3 is 0 Å². The maximum absolute atomic E-state index is 12.9. The molecule has 1 heterocycles. The molecule has 2 amide bonds. The molecule has 10 heteroatoms. The topological polar surface area (TPSA) is 120 Å². The molecule has 3 N–H and O–H groups in total. The third-order valence-corrected chi connectivity index (χ3v) is 7.68. The van der Waals surface area contributed by atoms with E-state index in [0.717, 1.165) is 45.1 Å². The predicted octanol–water partition coefficient (Wildman–Crippen LogP) is 1.29. The molecule has 0 atom stereocenters. The number of fused-ring (bicyclic) bond motifs is 1. The molecule has 9 nitrogen and oxygen atoms in total. The summed E-state index contributed by atoms with van der Waals surface area (Å²) in [6.45, 7) is 1.44. The molecule has 0 spiro atoms. The van der Waals surface area contributed by atoms with Crippen LogP contribution in [0, 0.1) is 0 Å². The lowest BCUT2D eigenvalue weighted by molar-refractivity contribution is -0.126. The number of sulfonamides is 1. The highest BCUT2D eigenvalue weighted by Gasteiger charge is 2.23. The molecule has 3 aromatic rings. The summed E-state index contributed by atoms with van der Waals surface area (Å²) in [6, 6.07) is 20.3. The van der Waals surface area contributed by atoms with Crippen LogP contribution in [0.1, 0.15) is 11.1 Å². The van der Waals surface area contributed by atoms with E-state index >= 15 is 0 Å². The normalized spacial score (nSPS) is 13.3. The zero-order chi connectivity index (χ0) is 25.5. The fourth-order valence-electron chi connectivity index (χ4n) is 3.86. The van der Waals surface area contributed by atoms with E-state index in [2.05, 4.69) is 20.9 Å². The van der Waals surface area contributed by atoms with Crippen LogP contribution in [0.15, 0.2) is 76.6 Å². The minimum atomic E-state index is -3.86. The maximum Gasteiger partial charge on any atom is 0.243 e. The van der Waals surface area contributed by atoms with Crippen molar-refractivity contribution in [2.24, 2.45) is 4.99 Å². The molecule has 4 rings (SSSR count). The van der Waals surface area contributed by atoms with Gasteiger partial charge in [0.1, 0.15) is 5.84 Å². The quantitative estimate of drug-likeness (QED) is 0.382. The van der Waals surface area contributed by atoms with Gasteiger partial charge in [-0.2, -0.15) is 4.31 Å². The lowest BCUT2D eigenvalue weighted by atomic mass is 10.1. The standard InChI is InChI=1S/C26H29N5O4S/c1-31(36(34,35)23-11-10-20-4-2-3-5-22(20)16-23)18-25(33)30-17-24(32)27-13-12-19-6-8-21(9-7-19)26-28-14-15-29-26/h2-11,16H,12-15,17-18H2,1H3,(H,27,32)(H,28,29)(H,30,33). The summed E-state index contributed by atoms with van der Waals surface area (Å²) in [5.41, 5.74) is 2.11. The Morgan fingerprint density at radius 2 is 1.72 bits per heavy atom. The van der Waals surface area contributed by atoms with Crippen molar-refractivity contribution in [2.75, 3.05) is 39.8 Å². The number of amidine groups is 1. The molecular formula is C26H29N5O4S. The molecular weight excluding hydrogens is 478 g/mol. The third kappa shape index (κ3) is 6.27. The number of amides is 2. The van der Waals surface area contributed by atoms with Crippen LogP contribution in [0.25, 0.3) is 10.8 Å². The predicted molar refractivity (Wildman–Crippen MR) is 139 cm³/mol. The highest BCUT2D eigenvalue weighted by molar-refractivity contribution is 7.89. The highest BCUT2D eigenvalue weighted by atomic mass is 32.2. The number of benzene rings is 3. The molecule has 0 bridgehead atoms. The van der Waals surface area contributed by atoms with Gasteiger partial charge in [-0.15, -0.1) is 0 Å². The van der Waals surface area contributed by atoms with E-state index in [9.17, 15) is 18.0 Å². The van der Waals surface area contributed by atoms with E-state index in [1.807, 2.05) is 48.5 Å². The Balaban J connectivity index is 1.20. The molecule has 0 saturated heterocycles. The second kappa shape index (κ2) is 11.3. The van der Waals surface area contributed by atoms with Gasteiger partial charge in [0.05, 0.1) is 24.5 Å². The van der Waals surface area contributed by atoms with Gasteiger partial charge in [0.15, 0.2) is 0 Å². The molecule has 1 aliphatic heterocycles. The van der Waals surface area contributed by atoms with Crippen molar-refractivity contribution in [3.8, 4) is 0 Å². The fraction of sp³-hybridized carbons (Fsp3) is 0.269. The number of carbonyl (C=O) groups excluding carboxylic acids is 2. The van der Waals surface area contributed by atoms with Crippen LogP contribution >= 0.6 is 0 Å². The molecule has 0 aliphatic carbocycles. The lowest BCUT2D eigenvalue weighted by Gasteiger charge is -2.17. The first kappa shape index (κ1) is 25.3. The highest BCUT2D eigenvalue weighted by Crippen LogP contribution is 2.21. The molecule has 0 aromatic heterocycles. The molecule has 3 aromatic carbocycles. The lowest BCUT2D eigenvalue weighted by Crippen LogP contribution is -2.42. The van der Waals surface area contributed by atoms with Crippen LogP contribution in [-0.2, 0) is 26.0 Å². The van der Waals surface area contributed by atoms with Crippen LogP contribution in [0.5, 0.6) is 0 Å². The zero-order valence-electron chi connectivity index (χ0n) is 20.0. The van der Waals surface area contributed by atoms with Gasteiger partial charge in [-0.25, -0.2) is 8.42 Å². The molecule has 0 unspecified atom stereocenters. The number of aliphatic imine (C=N–C) groups is 1. The zero-order valence-corrected chi connectivity index (χ0v) is 20.8. The number of likely N-dealkylation sites (N-methyl/N-ethyl adjacent to an activating group) is 1. The van der Waals surface area contributed by atoms with Crippen molar-refractivity contribution < 1.29 is 18.0 Å². The maximum atomic E-state index is 12.9. The summed E-state index contributed by atoms with van der Waals surface area (Å²) in [5, 5.41) is 10.2. The second-order valence-electron chi connectivity index (χ2n) is 8.50. The number of hydrogen-bond acceptors (Lipinski definition) is 6. The summed E-state index contributed by atoms with van der Waals surface area (Å²) in [5.74, 6) is 0.00172. The Hall–Kier alpha value is -3.76. The first-order chi connectivity index (χ1) is 17.3. The number of nitrogens with zero attached hydrogens (tertiary/aromatic N) is 2. The molecule has 0 fully saturated rings. The molecule has 0 radical (unpaired) electrons. The van der Waals surface area contributed by atoms with E-state index in [-0.39, 0.29) is 17.3 Å². The molecule has 0 saturated carbocycles. The number of hydrogen-bond donors (Lipinski definition) is 3. The number of rotatable bonds is 10. The number of nitrogens with one attached hydrogen (secondary N) is 3. The van der Waals surface area contributed by atoms with E-state index < -0.39 is 22.5 Å². The van der Waals surface area contributed by atoms with Gasteiger partial charge in [-0.1, -0.05) is 54.6 Å². The van der Waals surface area contributed by atoms with Crippen molar-refractivity contribution in [3.63, 3.8) is 0 Å². The Kier molecular flexibility index (Phi) is 7.97. The Morgan fingerprint density at radius 1 is 0.972 bits per heavy atom. The fourth-order valence-corrected chi connectivity index (χ4v) is 5.02. The first-order valence-corrected chi connectivity index (χ1v) is 13.1. The summed E-state index contributed by atoms with van der Waals surface area (Å²) >= 11 is 0. The van der Waals surface area contributed by atoms with E-state index in [0.29, 0.717) is 13.0 Å². The largest absolute Gasteiger partial charge is 0.368 e. The van der Waals surface area contributed by atoms with Crippen LogP contribution in [0.4, 0.5) is 0 Å². The minimum absolute atomic E-state index is 0.106. The number of carbonyl (C=O) groups is 2. The van der Waals surface area contributed by atoms with Crippen molar-refractivity contribution in [1.82, 2.24) is 20.3 Å². The van der Waals surface area contributed by atoms with Gasteiger partial charge in [-0.3, -0.25) is 14.6 Å². The van der Waals surface area contributed by atoms with E-state index in [4.69, 9.17) is 0 Å². The van der Waals surface area contributed by atoms with Gasteiger partial charge in [-0.05, 0) is 34.9 Å². The van der Waals surface area contributed by atoms with Crippen LogP contribution < -0.4 is 16.0 Å². The van der Waals surface area contributed by atoms with Gasteiger partial charge in [0, 0.05) is 25.7 Å². The summed E-state index contributed by atoms with van der Waals surface area (Å²) in [6.07, 6.45) is 0.645. The minimum Gasteiger partial charge on any atom is -0.368 e. The van der Waals surface area contributed by atoms with Gasteiger partial charge < -0.3 is 16.0 Å². The monoisotopic (exact) mass is 507 g/mol. The molecule has 188 valence electrons. The SMILES string of the molecule is CN(CC(=O)NCC(=O)NCCc1ccc(C2=NCCN2)cc1)S(=O)(=O)c1ccc2ccccc2c1. The third-order valence-electron chi connectivity index (χ3n) is 5.88. The molecule has 36 heavy (non-hydrogen) atoms. The van der Waals surface area contributed by atoms with Crippen molar-refractivity contribution in [2.45, 2.75) is 11.3 Å². The Bertz CT molecular complexity index is 1390. The van der Waals surface area contributed by atoms with Gasteiger partial charge in [0.25, 0.3) is 0 Å². The smallest absolute Gasteiger partial charge is 0.243 e.